The average Bonchev–Trinajstić information content (AvgIpc) is 2.65. The number of phenols is 1. The van der Waals surface area contributed by atoms with E-state index in [1.165, 1.54) is 0 Å². The topological polar surface area (TPSA) is 74.9 Å². The Hall–Kier alpha value is -1.81. The maximum absolute atomic E-state index is 9.43. The van der Waals surface area contributed by atoms with Gasteiger partial charge in [-0.3, -0.25) is 5.10 Å². The van der Waals surface area contributed by atoms with Crippen LogP contribution in [0.25, 0.3) is 11.1 Å². The Labute approximate surface area is 94.1 Å². The van der Waals surface area contributed by atoms with Crippen molar-refractivity contribution in [1.29, 1.82) is 0 Å². The highest BCUT2D eigenvalue weighted by atomic mass is 16.3. The Morgan fingerprint density at radius 2 is 2.31 bits per heavy atom. The number of rotatable bonds is 3. The van der Waals surface area contributed by atoms with Crippen LogP contribution in [0, 0.1) is 0 Å². The lowest BCUT2D eigenvalue weighted by molar-refractivity contribution is 0.475. The molecule has 0 saturated carbocycles. The Bertz CT molecular complexity index is 477. The molecule has 4 nitrogen and oxygen atoms in total. The summed E-state index contributed by atoms with van der Waals surface area (Å²) in [6.45, 7) is 1.95. The fourth-order valence-electron chi connectivity index (χ4n) is 1.71. The molecule has 0 radical (unpaired) electrons. The summed E-state index contributed by atoms with van der Waals surface area (Å²) >= 11 is 0. The lowest BCUT2D eigenvalue weighted by Crippen LogP contribution is -2.18. The smallest absolute Gasteiger partial charge is 0.116 e. The Balaban J connectivity index is 2.37. The maximum atomic E-state index is 9.43. The fraction of sp³-hybridized carbons (Fsp3) is 0.250. The van der Waals surface area contributed by atoms with E-state index in [2.05, 4.69) is 10.2 Å². The van der Waals surface area contributed by atoms with E-state index in [0.29, 0.717) is 0 Å². The Kier molecular flexibility index (Phi) is 2.92. The van der Waals surface area contributed by atoms with Gasteiger partial charge in [-0.25, -0.2) is 0 Å². The van der Waals surface area contributed by atoms with E-state index in [4.69, 9.17) is 5.73 Å². The van der Waals surface area contributed by atoms with Gasteiger partial charge in [0.15, 0.2) is 0 Å². The van der Waals surface area contributed by atoms with Crippen molar-refractivity contribution < 1.29 is 5.11 Å². The Morgan fingerprint density at radius 1 is 1.50 bits per heavy atom. The summed E-state index contributed by atoms with van der Waals surface area (Å²) < 4.78 is 0. The van der Waals surface area contributed by atoms with Crippen molar-refractivity contribution in [2.24, 2.45) is 5.73 Å². The molecule has 0 aliphatic rings. The number of aromatic amines is 1. The number of nitrogens with two attached hydrogens (primary N) is 1. The van der Waals surface area contributed by atoms with Gasteiger partial charge in [0, 0.05) is 23.7 Å². The minimum absolute atomic E-state index is 0.0801. The minimum atomic E-state index is 0.0801. The van der Waals surface area contributed by atoms with Crippen LogP contribution in [0.4, 0.5) is 0 Å². The van der Waals surface area contributed by atoms with Gasteiger partial charge < -0.3 is 10.8 Å². The van der Waals surface area contributed by atoms with Crippen molar-refractivity contribution >= 4 is 0 Å². The first-order chi connectivity index (χ1) is 7.66. The number of H-pyrrole nitrogens is 1. The normalized spacial score (nSPS) is 12.6. The first-order valence-electron chi connectivity index (χ1n) is 5.24. The molecular weight excluding hydrogens is 202 g/mol. The van der Waals surface area contributed by atoms with E-state index in [0.717, 1.165) is 23.2 Å². The lowest BCUT2D eigenvalue weighted by Gasteiger charge is -2.06. The molecule has 1 unspecified atom stereocenters. The zero-order valence-corrected chi connectivity index (χ0v) is 9.14. The molecule has 0 spiro atoms. The molecule has 0 bridgehead atoms. The first-order valence-corrected chi connectivity index (χ1v) is 5.24. The predicted molar refractivity (Wildman–Crippen MR) is 63.0 cm³/mol. The number of hydrogen-bond acceptors (Lipinski definition) is 3. The molecule has 2 aromatic rings. The third-order valence-electron chi connectivity index (χ3n) is 2.40. The summed E-state index contributed by atoms with van der Waals surface area (Å²) in [7, 11) is 0. The van der Waals surface area contributed by atoms with Crippen LogP contribution in [0.5, 0.6) is 5.75 Å². The van der Waals surface area contributed by atoms with Crippen molar-refractivity contribution in [3.63, 3.8) is 0 Å². The van der Waals surface area contributed by atoms with Crippen LogP contribution in [0.1, 0.15) is 12.6 Å². The van der Waals surface area contributed by atoms with Crippen LogP contribution < -0.4 is 5.73 Å². The second-order valence-electron chi connectivity index (χ2n) is 3.99. The number of nitrogens with zero attached hydrogens (tertiary/aromatic N) is 1. The lowest BCUT2D eigenvalue weighted by atomic mass is 10.0. The van der Waals surface area contributed by atoms with Crippen LogP contribution in [-0.2, 0) is 6.42 Å². The van der Waals surface area contributed by atoms with Gasteiger partial charge in [0.2, 0.25) is 0 Å². The third kappa shape index (κ3) is 2.23. The van der Waals surface area contributed by atoms with Gasteiger partial charge >= 0.3 is 0 Å². The van der Waals surface area contributed by atoms with Crippen LogP contribution in [0.2, 0.25) is 0 Å². The fourth-order valence-corrected chi connectivity index (χ4v) is 1.71. The van der Waals surface area contributed by atoms with E-state index < -0.39 is 0 Å². The van der Waals surface area contributed by atoms with E-state index >= 15 is 0 Å². The van der Waals surface area contributed by atoms with Crippen molar-refractivity contribution in [1.82, 2.24) is 10.2 Å². The van der Waals surface area contributed by atoms with E-state index in [-0.39, 0.29) is 11.8 Å². The van der Waals surface area contributed by atoms with Gasteiger partial charge in [0.05, 0.1) is 6.20 Å². The van der Waals surface area contributed by atoms with Crippen LogP contribution >= 0.6 is 0 Å². The van der Waals surface area contributed by atoms with Crippen molar-refractivity contribution in [3.8, 4) is 16.9 Å². The summed E-state index contributed by atoms with van der Waals surface area (Å²) in [5.74, 6) is 0.255. The minimum Gasteiger partial charge on any atom is -0.508 e. The SMILES string of the molecule is CC(N)Cc1[nH]ncc1-c1cccc(O)c1. The molecule has 1 aromatic heterocycles. The maximum Gasteiger partial charge on any atom is 0.116 e. The molecule has 4 heteroatoms. The van der Waals surface area contributed by atoms with Gasteiger partial charge in [0.1, 0.15) is 5.75 Å². The quantitative estimate of drug-likeness (QED) is 0.732. The summed E-state index contributed by atoms with van der Waals surface area (Å²) in [6, 6.07) is 7.20. The highest BCUT2D eigenvalue weighted by Gasteiger charge is 2.09. The molecule has 16 heavy (non-hydrogen) atoms. The monoisotopic (exact) mass is 217 g/mol. The number of aromatic hydroxyl groups is 1. The van der Waals surface area contributed by atoms with Crippen LogP contribution in [0.15, 0.2) is 30.5 Å². The largest absolute Gasteiger partial charge is 0.508 e. The molecule has 1 aromatic carbocycles. The zero-order chi connectivity index (χ0) is 11.5. The highest BCUT2D eigenvalue weighted by Crippen LogP contribution is 2.25. The number of nitrogens with one attached hydrogen (secondary N) is 1. The molecule has 2 rings (SSSR count). The summed E-state index contributed by atoms with van der Waals surface area (Å²) in [5.41, 5.74) is 8.71. The molecule has 0 aliphatic carbocycles. The second-order valence-corrected chi connectivity index (χ2v) is 3.99. The molecule has 4 N–H and O–H groups in total. The summed E-state index contributed by atoms with van der Waals surface area (Å²) in [6.07, 6.45) is 2.50. The van der Waals surface area contributed by atoms with E-state index in [9.17, 15) is 5.11 Å². The first kappa shape index (κ1) is 10.7. The van der Waals surface area contributed by atoms with Gasteiger partial charge in [-0.15, -0.1) is 0 Å². The van der Waals surface area contributed by atoms with Crippen molar-refractivity contribution in [2.45, 2.75) is 19.4 Å². The summed E-state index contributed by atoms with van der Waals surface area (Å²) in [5, 5.41) is 16.4. The standard InChI is InChI=1S/C12H15N3O/c1-8(13)5-12-11(7-14-15-12)9-3-2-4-10(16)6-9/h2-4,6-8,16H,5,13H2,1H3,(H,14,15). The molecule has 0 amide bonds. The van der Waals surface area contributed by atoms with E-state index in [1.54, 1.807) is 18.3 Å². The van der Waals surface area contributed by atoms with Gasteiger partial charge in [-0.2, -0.15) is 5.10 Å². The van der Waals surface area contributed by atoms with Crippen LogP contribution in [-0.4, -0.2) is 21.3 Å². The molecule has 0 aliphatic heterocycles. The average molecular weight is 217 g/mol. The Morgan fingerprint density at radius 3 is 3.00 bits per heavy atom. The van der Waals surface area contributed by atoms with Gasteiger partial charge in [-0.05, 0) is 24.6 Å². The highest BCUT2D eigenvalue weighted by molar-refractivity contribution is 5.66. The molecule has 1 heterocycles. The number of phenolic OH excluding ortho intramolecular Hbond substituents is 1. The van der Waals surface area contributed by atoms with Crippen LogP contribution in [0.3, 0.4) is 0 Å². The predicted octanol–water partition coefficient (Wildman–Crippen LogP) is 1.67. The number of hydrogen-bond donors (Lipinski definition) is 3. The number of aromatic nitrogens is 2. The zero-order valence-electron chi connectivity index (χ0n) is 9.14. The molecule has 0 saturated heterocycles. The molecule has 1 atom stereocenters. The van der Waals surface area contributed by atoms with E-state index in [1.807, 2.05) is 19.1 Å². The summed E-state index contributed by atoms with van der Waals surface area (Å²) in [4.78, 5) is 0. The van der Waals surface area contributed by atoms with Crippen molar-refractivity contribution in [2.75, 3.05) is 0 Å². The number of benzene rings is 1. The van der Waals surface area contributed by atoms with Gasteiger partial charge in [0.25, 0.3) is 0 Å². The second kappa shape index (κ2) is 4.37. The molecule has 0 fully saturated rings. The van der Waals surface area contributed by atoms with Crippen molar-refractivity contribution in [3.05, 3.63) is 36.2 Å². The molecule has 84 valence electrons. The third-order valence-corrected chi connectivity index (χ3v) is 2.40. The molecular formula is C12H15N3O. The van der Waals surface area contributed by atoms with Gasteiger partial charge in [-0.1, -0.05) is 12.1 Å².